The molecule has 3 aromatic rings. The maximum absolute atomic E-state index is 5.86. The van der Waals surface area contributed by atoms with E-state index in [1.54, 1.807) is 0 Å². The van der Waals surface area contributed by atoms with Gasteiger partial charge in [0, 0.05) is 17.1 Å². The predicted molar refractivity (Wildman–Crippen MR) is 89.0 cm³/mol. The Kier molecular flexibility index (Phi) is 4.18. The van der Waals surface area contributed by atoms with E-state index >= 15 is 0 Å². The normalized spacial score (nSPS) is 19.5. The van der Waals surface area contributed by atoms with E-state index in [-0.39, 0.29) is 6.10 Å². The van der Waals surface area contributed by atoms with Gasteiger partial charge < -0.3 is 14.2 Å². The lowest BCUT2D eigenvalue weighted by Crippen LogP contribution is -2.21. The maximum Gasteiger partial charge on any atom is 0.120 e. The smallest absolute Gasteiger partial charge is 0.120 e. The molecule has 3 heterocycles. The molecule has 126 valence electrons. The number of rotatable bonds is 0. The van der Waals surface area contributed by atoms with Crippen molar-refractivity contribution in [2.45, 2.75) is 19.6 Å². The third-order valence-corrected chi connectivity index (χ3v) is 4.02. The molecule has 7 heteroatoms. The molecule has 24 heavy (non-hydrogen) atoms. The number of nitrogens with zero attached hydrogens (tertiary/aromatic N) is 3. The predicted octanol–water partition coefficient (Wildman–Crippen LogP) is 2.24. The maximum atomic E-state index is 5.86. The fourth-order valence-corrected chi connectivity index (χ4v) is 2.74. The summed E-state index contributed by atoms with van der Waals surface area (Å²) in [7, 11) is 0. The van der Waals surface area contributed by atoms with Gasteiger partial charge in [0.05, 0.1) is 44.2 Å². The molecule has 4 bridgehead atoms. The Morgan fingerprint density at radius 3 is 3.17 bits per heavy atom. The highest BCUT2D eigenvalue weighted by atomic mass is 16.5. The van der Waals surface area contributed by atoms with Gasteiger partial charge in [-0.25, -0.2) is 0 Å². The van der Waals surface area contributed by atoms with Gasteiger partial charge in [-0.1, -0.05) is 0 Å². The molecule has 0 radical (unpaired) electrons. The average Bonchev–Trinajstić information content (AvgIpc) is 3.21. The number of ether oxygens (including phenoxy) is 3. The van der Waals surface area contributed by atoms with Crippen LogP contribution in [-0.4, -0.2) is 52.5 Å². The van der Waals surface area contributed by atoms with Crippen LogP contribution in [0.15, 0.2) is 30.6 Å². The molecule has 0 saturated heterocycles. The zero-order valence-corrected chi connectivity index (χ0v) is 13.6. The monoisotopic (exact) mass is 328 g/mol. The quantitative estimate of drug-likeness (QED) is 0.685. The first kappa shape index (κ1) is 15.2. The summed E-state index contributed by atoms with van der Waals surface area (Å²) >= 11 is 0. The number of H-pyrrole nitrogens is 1. The minimum absolute atomic E-state index is 0.00648. The molecule has 0 amide bonds. The van der Waals surface area contributed by atoms with E-state index < -0.39 is 0 Å². The summed E-state index contributed by atoms with van der Waals surface area (Å²) in [5.74, 6) is 0.802. The second kappa shape index (κ2) is 6.62. The van der Waals surface area contributed by atoms with E-state index in [0.29, 0.717) is 33.0 Å². The summed E-state index contributed by atoms with van der Waals surface area (Å²) in [6.07, 6.45) is 3.82. The third kappa shape index (κ3) is 3.13. The van der Waals surface area contributed by atoms with Gasteiger partial charge in [0.15, 0.2) is 0 Å². The minimum atomic E-state index is 0.00648. The molecule has 0 unspecified atom stereocenters. The van der Waals surface area contributed by atoms with Crippen molar-refractivity contribution in [1.82, 2.24) is 20.0 Å². The topological polar surface area (TPSA) is 74.2 Å². The Morgan fingerprint density at radius 1 is 1.25 bits per heavy atom. The molecular weight excluding hydrogens is 308 g/mol. The molecule has 0 fully saturated rings. The first-order chi connectivity index (χ1) is 11.8. The third-order valence-electron chi connectivity index (χ3n) is 4.02. The Bertz CT molecular complexity index is 826. The van der Waals surface area contributed by atoms with E-state index in [4.69, 9.17) is 14.2 Å². The fraction of sp³-hybridized carbons (Fsp3) is 0.412. The standard InChI is InChI=1S/C17H20N4O3/c1-12-11-24-14-2-3-16-15(8-14)17(20-19-16)13-9-18-21(10-13)4-5-22-6-7-23-12/h2-3,8-10,12H,4-7,11H2,1H3,(H,19,20)/t12-/m1/s1. The Hall–Kier alpha value is -2.38. The lowest BCUT2D eigenvalue weighted by Gasteiger charge is -2.14. The van der Waals surface area contributed by atoms with Crippen LogP contribution in [0.1, 0.15) is 6.92 Å². The second-order valence-corrected chi connectivity index (χ2v) is 5.88. The molecule has 1 atom stereocenters. The molecule has 4 rings (SSSR count). The summed E-state index contributed by atoms with van der Waals surface area (Å²) in [5, 5.41) is 12.9. The van der Waals surface area contributed by atoms with Crippen LogP contribution in [0.25, 0.3) is 22.2 Å². The lowest BCUT2D eigenvalue weighted by molar-refractivity contribution is -0.00730. The van der Waals surface area contributed by atoms with Crippen molar-refractivity contribution in [3.05, 3.63) is 30.6 Å². The van der Waals surface area contributed by atoms with Gasteiger partial charge in [-0.2, -0.15) is 10.2 Å². The van der Waals surface area contributed by atoms with Crippen molar-refractivity contribution >= 4 is 10.9 Å². The van der Waals surface area contributed by atoms with Crippen molar-refractivity contribution in [2.24, 2.45) is 0 Å². The molecule has 1 N–H and O–H groups in total. The lowest BCUT2D eigenvalue weighted by atomic mass is 10.1. The van der Waals surface area contributed by atoms with E-state index in [1.807, 2.05) is 42.2 Å². The van der Waals surface area contributed by atoms with Crippen LogP contribution in [0, 0.1) is 0 Å². The largest absolute Gasteiger partial charge is 0.491 e. The van der Waals surface area contributed by atoms with Crippen LogP contribution >= 0.6 is 0 Å². The number of nitrogens with one attached hydrogen (secondary N) is 1. The average molecular weight is 328 g/mol. The Balaban J connectivity index is 1.69. The van der Waals surface area contributed by atoms with Gasteiger partial charge in [-0.3, -0.25) is 9.78 Å². The molecule has 0 aliphatic carbocycles. The molecule has 0 saturated carbocycles. The van der Waals surface area contributed by atoms with E-state index in [0.717, 1.165) is 27.9 Å². The molecule has 1 aromatic carbocycles. The highest BCUT2D eigenvalue weighted by molar-refractivity contribution is 5.93. The van der Waals surface area contributed by atoms with Crippen LogP contribution < -0.4 is 4.74 Å². The summed E-state index contributed by atoms with van der Waals surface area (Å²) < 4.78 is 19.0. The van der Waals surface area contributed by atoms with E-state index in [2.05, 4.69) is 15.3 Å². The zero-order valence-electron chi connectivity index (χ0n) is 13.6. The van der Waals surface area contributed by atoms with Gasteiger partial charge in [0.2, 0.25) is 0 Å². The van der Waals surface area contributed by atoms with Crippen molar-refractivity contribution in [3.8, 4) is 17.0 Å². The van der Waals surface area contributed by atoms with Crippen molar-refractivity contribution in [2.75, 3.05) is 26.4 Å². The summed E-state index contributed by atoms with van der Waals surface area (Å²) in [6, 6.07) is 5.92. The van der Waals surface area contributed by atoms with Gasteiger partial charge >= 0.3 is 0 Å². The Labute approximate surface area is 139 Å². The first-order valence-electron chi connectivity index (χ1n) is 8.13. The van der Waals surface area contributed by atoms with Gasteiger partial charge in [0.25, 0.3) is 0 Å². The summed E-state index contributed by atoms with van der Waals surface area (Å²) in [5.41, 5.74) is 2.82. The zero-order chi connectivity index (χ0) is 16.4. The van der Waals surface area contributed by atoms with Gasteiger partial charge in [0.1, 0.15) is 18.1 Å². The van der Waals surface area contributed by atoms with Crippen LogP contribution in [-0.2, 0) is 16.0 Å². The van der Waals surface area contributed by atoms with Crippen molar-refractivity contribution < 1.29 is 14.2 Å². The van der Waals surface area contributed by atoms with Crippen LogP contribution in [0.3, 0.4) is 0 Å². The molecule has 1 aliphatic rings. The number of benzene rings is 1. The fourth-order valence-electron chi connectivity index (χ4n) is 2.74. The van der Waals surface area contributed by atoms with Crippen LogP contribution in [0.2, 0.25) is 0 Å². The summed E-state index contributed by atoms with van der Waals surface area (Å²) in [4.78, 5) is 0. The molecule has 1 aliphatic heterocycles. The molecule has 2 aromatic heterocycles. The highest BCUT2D eigenvalue weighted by Crippen LogP contribution is 2.29. The number of fused-ring (bicyclic) bond motifs is 4. The van der Waals surface area contributed by atoms with Crippen molar-refractivity contribution in [1.29, 1.82) is 0 Å². The van der Waals surface area contributed by atoms with E-state index in [1.165, 1.54) is 0 Å². The SMILES string of the molecule is C[C@@H]1COc2ccc3[nH]nc(c3c2)-c2cnn(c2)CCOCCO1. The molecule has 0 spiro atoms. The minimum Gasteiger partial charge on any atom is -0.491 e. The number of hydrogen-bond donors (Lipinski definition) is 1. The number of aromatic nitrogens is 4. The second-order valence-electron chi connectivity index (χ2n) is 5.88. The number of hydrogen-bond acceptors (Lipinski definition) is 5. The molecule has 7 nitrogen and oxygen atoms in total. The molecular formula is C17H20N4O3. The van der Waals surface area contributed by atoms with E-state index in [9.17, 15) is 0 Å². The van der Waals surface area contributed by atoms with Crippen molar-refractivity contribution in [3.63, 3.8) is 0 Å². The van der Waals surface area contributed by atoms with Crippen LogP contribution in [0.5, 0.6) is 5.75 Å². The summed E-state index contributed by atoms with van der Waals surface area (Å²) in [6.45, 7) is 4.91. The Morgan fingerprint density at radius 2 is 2.21 bits per heavy atom. The highest BCUT2D eigenvalue weighted by Gasteiger charge is 2.12. The van der Waals surface area contributed by atoms with Crippen LogP contribution in [0.4, 0.5) is 0 Å². The van der Waals surface area contributed by atoms with Gasteiger partial charge in [-0.15, -0.1) is 0 Å². The number of aromatic amines is 1. The first-order valence-corrected chi connectivity index (χ1v) is 8.13. The van der Waals surface area contributed by atoms with Gasteiger partial charge in [-0.05, 0) is 25.1 Å².